The van der Waals surface area contributed by atoms with Crippen LogP contribution in [0.15, 0.2) is 71.2 Å². The Labute approximate surface area is 206 Å². The Balaban J connectivity index is 1.50. The fourth-order valence-electron chi connectivity index (χ4n) is 4.06. The van der Waals surface area contributed by atoms with Crippen molar-refractivity contribution in [3.63, 3.8) is 0 Å². The summed E-state index contributed by atoms with van der Waals surface area (Å²) in [4.78, 5) is 12.8. The third kappa shape index (κ3) is 5.40. The van der Waals surface area contributed by atoms with Crippen LogP contribution >= 0.6 is 0 Å². The van der Waals surface area contributed by atoms with E-state index in [2.05, 4.69) is 11.4 Å². The molecule has 0 bridgehead atoms. The molecule has 4 aromatic rings. The minimum atomic E-state index is -0.208. The maximum absolute atomic E-state index is 12.8. The molecule has 1 heterocycles. The number of amides is 1. The van der Waals surface area contributed by atoms with Crippen LogP contribution in [0.2, 0.25) is 0 Å². The Morgan fingerprint density at radius 3 is 2.37 bits per heavy atom. The van der Waals surface area contributed by atoms with Crippen LogP contribution in [-0.4, -0.2) is 12.5 Å². The average Bonchev–Trinajstić information content (AvgIpc) is 3.14. The van der Waals surface area contributed by atoms with Crippen LogP contribution < -0.4 is 14.8 Å². The summed E-state index contributed by atoms with van der Waals surface area (Å²) < 4.78 is 17.8. The Morgan fingerprint density at radius 1 is 0.971 bits per heavy atom. The molecule has 1 aromatic heterocycles. The molecule has 0 aliphatic carbocycles. The first kappa shape index (κ1) is 24.1. The Bertz CT molecular complexity index is 1370. The van der Waals surface area contributed by atoms with Crippen LogP contribution in [0.25, 0.3) is 16.5 Å². The van der Waals surface area contributed by atoms with E-state index in [0.29, 0.717) is 18.9 Å². The summed E-state index contributed by atoms with van der Waals surface area (Å²) in [5.41, 5.74) is 6.38. The summed E-state index contributed by atoms with van der Waals surface area (Å²) in [6, 6.07) is 19.4. The second kappa shape index (κ2) is 10.5. The second-order valence-corrected chi connectivity index (χ2v) is 8.59. The molecule has 0 aliphatic rings. The van der Waals surface area contributed by atoms with Gasteiger partial charge in [-0.3, -0.25) is 4.79 Å². The number of benzene rings is 3. The molecule has 1 amide bonds. The van der Waals surface area contributed by atoms with Gasteiger partial charge in [-0.05, 0) is 81.7 Å². The predicted molar refractivity (Wildman–Crippen MR) is 141 cm³/mol. The zero-order valence-corrected chi connectivity index (χ0v) is 20.9. The molecule has 180 valence electrons. The van der Waals surface area contributed by atoms with Gasteiger partial charge in [0.2, 0.25) is 5.91 Å². The fourth-order valence-corrected chi connectivity index (χ4v) is 4.06. The lowest BCUT2D eigenvalue weighted by atomic mass is 9.98. The number of carbonyl (C=O) groups is 1. The van der Waals surface area contributed by atoms with Gasteiger partial charge in [0, 0.05) is 28.3 Å². The second-order valence-electron chi connectivity index (χ2n) is 8.59. The molecule has 3 aromatic carbocycles. The number of nitrogens with one attached hydrogen (secondary N) is 1. The van der Waals surface area contributed by atoms with Crippen LogP contribution in [0.5, 0.6) is 11.5 Å². The fraction of sp³-hybridized carbons (Fsp3) is 0.233. The minimum Gasteiger partial charge on any atom is -0.493 e. The standard InChI is InChI=1S/C30H31NO4/c1-6-33-29-21(4)30-27(20(3)22(5)35-30)17-26(29)19(2)16-28(32)31-24-12-14-25(15-13-24)34-18-23-10-8-7-9-11-23/h7-17H,6,18H2,1-5H3,(H,31,32)/b19-16+. The average molecular weight is 470 g/mol. The summed E-state index contributed by atoms with van der Waals surface area (Å²) in [5, 5.41) is 3.97. The molecule has 0 saturated carbocycles. The molecule has 5 heteroatoms. The lowest BCUT2D eigenvalue weighted by Crippen LogP contribution is -2.09. The SMILES string of the molecule is CCOc1c(/C(C)=C/C(=O)Nc2ccc(OCc3ccccc3)cc2)cc2c(C)c(C)oc2c1C. The van der Waals surface area contributed by atoms with Crippen molar-refractivity contribution >= 4 is 28.1 Å². The van der Waals surface area contributed by atoms with Crippen molar-refractivity contribution in [2.24, 2.45) is 0 Å². The van der Waals surface area contributed by atoms with Crippen LogP contribution in [0.3, 0.4) is 0 Å². The zero-order valence-electron chi connectivity index (χ0n) is 20.9. The van der Waals surface area contributed by atoms with Gasteiger partial charge in [-0.15, -0.1) is 0 Å². The van der Waals surface area contributed by atoms with Gasteiger partial charge in [-0.1, -0.05) is 30.3 Å². The summed E-state index contributed by atoms with van der Waals surface area (Å²) >= 11 is 0. The minimum absolute atomic E-state index is 0.208. The van der Waals surface area contributed by atoms with Gasteiger partial charge in [0.05, 0.1) is 6.61 Å². The number of furan rings is 1. The first-order chi connectivity index (χ1) is 16.9. The monoisotopic (exact) mass is 469 g/mol. The molecule has 0 fully saturated rings. The smallest absolute Gasteiger partial charge is 0.248 e. The largest absolute Gasteiger partial charge is 0.493 e. The highest BCUT2D eigenvalue weighted by Crippen LogP contribution is 2.39. The highest BCUT2D eigenvalue weighted by molar-refractivity contribution is 6.05. The molecule has 0 unspecified atom stereocenters. The van der Waals surface area contributed by atoms with Crippen LogP contribution in [0.4, 0.5) is 5.69 Å². The Morgan fingerprint density at radius 2 is 1.69 bits per heavy atom. The molecule has 35 heavy (non-hydrogen) atoms. The third-order valence-electron chi connectivity index (χ3n) is 6.08. The number of hydrogen-bond acceptors (Lipinski definition) is 4. The number of rotatable bonds is 8. The normalized spacial score (nSPS) is 11.5. The van der Waals surface area contributed by atoms with Crippen LogP contribution in [0.1, 0.15) is 41.9 Å². The van der Waals surface area contributed by atoms with Crippen molar-refractivity contribution in [1.29, 1.82) is 0 Å². The number of anilines is 1. The number of fused-ring (bicyclic) bond motifs is 1. The molecule has 5 nitrogen and oxygen atoms in total. The summed E-state index contributed by atoms with van der Waals surface area (Å²) in [6.07, 6.45) is 1.60. The van der Waals surface area contributed by atoms with E-state index in [1.807, 2.05) is 89.2 Å². The van der Waals surface area contributed by atoms with E-state index >= 15 is 0 Å². The van der Waals surface area contributed by atoms with E-state index in [1.165, 1.54) is 0 Å². The van der Waals surface area contributed by atoms with Crippen LogP contribution in [0, 0.1) is 20.8 Å². The van der Waals surface area contributed by atoms with Crippen molar-refractivity contribution in [2.75, 3.05) is 11.9 Å². The molecular formula is C30H31NO4. The van der Waals surface area contributed by atoms with Gasteiger partial charge in [0.25, 0.3) is 0 Å². The van der Waals surface area contributed by atoms with Crippen molar-refractivity contribution in [1.82, 2.24) is 0 Å². The van der Waals surface area contributed by atoms with Crippen molar-refractivity contribution in [3.8, 4) is 11.5 Å². The van der Waals surface area contributed by atoms with Crippen molar-refractivity contribution < 1.29 is 18.7 Å². The highest BCUT2D eigenvalue weighted by Gasteiger charge is 2.19. The van der Waals surface area contributed by atoms with E-state index < -0.39 is 0 Å². The molecule has 0 saturated heterocycles. The van der Waals surface area contributed by atoms with E-state index in [0.717, 1.165) is 56.1 Å². The molecule has 0 aliphatic heterocycles. The molecule has 1 N–H and O–H groups in total. The molecule has 0 spiro atoms. The highest BCUT2D eigenvalue weighted by atomic mass is 16.5. The number of hydrogen-bond donors (Lipinski definition) is 1. The third-order valence-corrected chi connectivity index (χ3v) is 6.08. The van der Waals surface area contributed by atoms with E-state index in [1.54, 1.807) is 6.08 Å². The number of allylic oxidation sites excluding steroid dienone is 1. The summed E-state index contributed by atoms with van der Waals surface area (Å²) in [5.74, 6) is 2.17. The number of aryl methyl sites for hydroxylation is 3. The molecule has 4 rings (SSSR count). The Kier molecular flexibility index (Phi) is 7.25. The summed E-state index contributed by atoms with van der Waals surface area (Å²) in [6.45, 7) is 10.9. The zero-order chi connectivity index (χ0) is 24.9. The summed E-state index contributed by atoms with van der Waals surface area (Å²) in [7, 11) is 0. The van der Waals surface area contributed by atoms with Gasteiger partial charge in [-0.2, -0.15) is 0 Å². The quantitative estimate of drug-likeness (QED) is 0.274. The predicted octanol–water partition coefficient (Wildman–Crippen LogP) is 7.38. The van der Waals surface area contributed by atoms with Gasteiger partial charge < -0.3 is 19.2 Å². The number of ether oxygens (including phenoxy) is 2. The van der Waals surface area contributed by atoms with Gasteiger partial charge in [-0.25, -0.2) is 0 Å². The van der Waals surface area contributed by atoms with Crippen molar-refractivity contribution in [2.45, 2.75) is 41.2 Å². The van der Waals surface area contributed by atoms with Gasteiger partial charge >= 0.3 is 0 Å². The molecule has 0 atom stereocenters. The first-order valence-electron chi connectivity index (χ1n) is 11.8. The Hall–Kier alpha value is -3.99. The lowest BCUT2D eigenvalue weighted by molar-refractivity contribution is -0.111. The lowest BCUT2D eigenvalue weighted by Gasteiger charge is -2.14. The van der Waals surface area contributed by atoms with E-state index in [9.17, 15) is 4.79 Å². The first-order valence-corrected chi connectivity index (χ1v) is 11.8. The molecule has 0 radical (unpaired) electrons. The number of carbonyl (C=O) groups excluding carboxylic acids is 1. The molecular weight excluding hydrogens is 438 g/mol. The van der Waals surface area contributed by atoms with Crippen molar-refractivity contribution in [3.05, 3.63) is 94.8 Å². The maximum Gasteiger partial charge on any atom is 0.248 e. The van der Waals surface area contributed by atoms with Gasteiger partial charge in [0.15, 0.2) is 0 Å². The van der Waals surface area contributed by atoms with Crippen LogP contribution in [-0.2, 0) is 11.4 Å². The van der Waals surface area contributed by atoms with E-state index in [4.69, 9.17) is 13.9 Å². The van der Waals surface area contributed by atoms with E-state index in [-0.39, 0.29) is 5.91 Å². The maximum atomic E-state index is 12.8. The topological polar surface area (TPSA) is 60.7 Å². The van der Waals surface area contributed by atoms with Gasteiger partial charge in [0.1, 0.15) is 29.4 Å².